The lowest BCUT2D eigenvalue weighted by Gasteiger charge is -2.34. The lowest BCUT2D eigenvalue weighted by molar-refractivity contribution is -0.133. The first-order valence-corrected chi connectivity index (χ1v) is 13.0. The maximum atomic E-state index is 13.6. The first-order chi connectivity index (χ1) is 17.6. The third kappa shape index (κ3) is 4.17. The summed E-state index contributed by atoms with van der Waals surface area (Å²) in [6, 6.07) is 13.5. The standard InChI is InChI=1S/C27H25BrN6O2/c28-22-15-31-34-25(30-14-17-5-3-9-29-13-17)12-23(32-26(22)34)18-6-4-10-33(16-18)27(36)21-11-24(35)20-8-2-1-7-19(20)21/h1-3,5,7-9,12-13,15,18,21,30H,4,6,10-11,14,16H2. The number of amides is 1. The molecule has 8 nitrogen and oxygen atoms in total. The average molecular weight is 545 g/mol. The van der Waals surface area contributed by atoms with E-state index in [0.717, 1.165) is 45.6 Å². The van der Waals surface area contributed by atoms with Crippen LogP contribution in [0.25, 0.3) is 5.65 Å². The second-order valence-electron chi connectivity index (χ2n) is 9.40. The molecule has 1 aliphatic carbocycles. The molecule has 0 spiro atoms. The number of nitrogens with zero attached hydrogens (tertiary/aromatic N) is 5. The van der Waals surface area contributed by atoms with Crippen molar-refractivity contribution in [1.29, 1.82) is 0 Å². The van der Waals surface area contributed by atoms with E-state index in [1.54, 1.807) is 16.9 Å². The maximum absolute atomic E-state index is 13.6. The molecular formula is C27H25BrN6O2. The van der Waals surface area contributed by atoms with E-state index in [0.29, 0.717) is 25.2 Å². The van der Waals surface area contributed by atoms with Crippen LogP contribution < -0.4 is 5.32 Å². The molecule has 3 aromatic heterocycles. The Morgan fingerprint density at radius 1 is 1.17 bits per heavy atom. The van der Waals surface area contributed by atoms with Crippen molar-refractivity contribution in [2.75, 3.05) is 18.4 Å². The number of benzene rings is 1. The average Bonchev–Trinajstić information content (AvgIpc) is 3.47. The molecule has 1 fully saturated rings. The Kier molecular flexibility index (Phi) is 6.00. The summed E-state index contributed by atoms with van der Waals surface area (Å²) in [6.45, 7) is 1.89. The van der Waals surface area contributed by atoms with Crippen LogP contribution in [-0.4, -0.2) is 49.3 Å². The Hall–Kier alpha value is -3.59. The summed E-state index contributed by atoms with van der Waals surface area (Å²) in [6.07, 6.45) is 7.43. The lowest BCUT2D eigenvalue weighted by atomic mass is 9.92. The first kappa shape index (κ1) is 22.8. The van der Waals surface area contributed by atoms with Crippen molar-refractivity contribution in [3.63, 3.8) is 0 Å². The van der Waals surface area contributed by atoms with Crippen LogP contribution in [0.15, 0.2) is 65.5 Å². The minimum atomic E-state index is -0.386. The van der Waals surface area contributed by atoms with Gasteiger partial charge in [0.1, 0.15) is 5.82 Å². The smallest absolute Gasteiger partial charge is 0.230 e. The summed E-state index contributed by atoms with van der Waals surface area (Å²) in [5.74, 6) is 0.645. The van der Waals surface area contributed by atoms with E-state index in [1.807, 2.05) is 53.6 Å². The third-order valence-electron chi connectivity index (χ3n) is 7.12. The van der Waals surface area contributed by atoms with Crippen molar-refractivity contribution in [2.24, 2.45) is 0 Å². The summed E-state index contributed by atoms with van der Waals surface area (Å²) >= 11 is 3.58. The lowest BCUT2D eigenvalue weighted by Crippen LogP contribution is -2.41. The zero-order valence-electron chi connectivity index (χ0n) is 19.6. The molecule has 4 aromatic rings. The summed E-state index contributed by atoms with van der Waals surface area (Å²) in [7, 11) is 0. The molecule has 182 valence electrons. The molecule has 0 saturated carbocycles. The number of hydrogen-bond donors (Lipinski definition) is 1. The van der Waals surface area contributed by atoms with E-state index >= 15 is 0 Å². The van der Waals surface area contributed by atoms with Crippen LogP contribution in [-0.2, 0) is 11.3 Å². The Labute approximate surface area is 216 Å². The van der Waals surface area contributed by atoms with Gasteiger partial charge in [-0.15, -0.1) is 0 Å². The van der Waals surface area contributed by atoms with E-state index in [1.165, 1.54) is 0 Å². The monoisotopic (exact) mass is 544 g/mol. The first-order valence-electron chi connectivity index (χ1n) is 12.2. The Morgan fingerprint density at radius 3 is 2.92 bits per heavy atom. The number of aromatic nitrogens is 4. The number of nitrogens with one attached hydrogen (secondary N) is 1. The third-order valence-corrected chi connectivity index (χ3v) is 7.68. The van der Waals surface area contributed by atoms with E-state index < -0.39 is 0 Å². The molecule has 2 unspecified atom stereocenters. The number of fused-ring (bicyclic) bond motifs is 2. The molecule has 2 atom stereocenters. The number of Topliss-reactive ketones (excluding diaryl/α,β-unsaturated/α-hetero) is 1. The number of pyridine rings is 1. The molecule has 1 amide bonds. The Balaban J connectivity index is 1.26. The van der Waals surface area contributed by atoms with E-state index in [4.69, 9.17) is 4.98 Å². The number of rotatable bonds is 5. The van der Waals surface area contributed by atoms with Gasteiger partial charge in [0.15, 0.2) is 11.4 Å². The van der Waals surface area contributed by atoms with Crippen LogP contribution in [0.3, 0.4) is 0 Å². The summed E-state index contributed by atoms with van der Waals surface area (Å²) in [4.78, 5) is 37.1. The summed E-state index contributed by atoms with van der Waals surface area (Å²) < 4.78 is 2.61. The number of piperidine rings is 1. The zero-order valence-corrected chi connectivity index (χ0v) is 21.2. The molecule has 1 aromatic carbocycles. The molecular weight excluding hydrogens is 520 g/mol. The Bertz CT molecular complexity index is 1450. The fourth-order valence-electron chi connectivity index (χ4n) is 5.30. The maximum Gasteiger partial charge on any atom is 0.230 e. The van der Waals surface area contributed by atoms with Crippen molar-refractivity contribution in [3.8, 4) is 0 Å². The predicted octanol–water partition coefficient (Wildman–Crippen LogP) is 4.58. The van der Waals surface area contributed by atoms with Gasteiger partial charge in [-0.1, -0.05) is 30.3 Å². The van der Waals surface area contributed by atoms with E-state index in [9.17, 15) is 9.59 Å². The highest BCUT2D eigenvalue weighted by atomic mass is 79.9. The number of ketones is 1. The van der Waals surface area contributed by atoms with Crippen molar-refractivity contribution in [3.05, 3.63) is 87.9 Å². The number of carbonyl (C=O) groups is 2. The molecule has 0 bridgehead atoms. The van der Waals surface area contributed by atoms with Gasteiger partial charge < -0.3 is 10.2 Å². The van der Waals surface area contributed by atoms with Gasteiger partial charge >= 0.3 is 0 Å². The van der Waals surface area contributed by atoms with Crippen LogP contribution in [0, 0.1) is 0 Å². The van der Waals surface area contributed by atoms with Crippen molar-refractivity contribution in [1.82, 2.24) is 24.5 Å². The highest BCUT2D eigenvalue weighted by Crippen LogP contribution is 2.36. The number of likely N-dealkylation sites (tertiary alicyclic amines) is 1. The largest absolute Gasteiger partial charge is 0.366 e. The molecule has 9 heteroatoms. The number of hydrogen-bond acceptors (Lipinski definition) is 6. The number of anilines is 1. The summed E-state index contributed by atoms with van der Waals surface area (Å²) in [5, 5.41) is 7.95. The van der Waals surface area contributed by atoms with Gasteiger partial charge in [0, 0.05) is 56.0 Å². The van der Waals surface area contributed by atoms with E-state index in [2.05, 4.69) is 31.3 Å². The highest BCUT2D eigenvalue weighted by molar-refractivity contribution is 9.10. The quantitative estimate of drug-likeness (QED) is 0.395. The van der Waals surface area contributed by atoms with Crippen LogP contribution in [0.2, 0.25) is 0 Å². The molecule has 36 heavy (non-hydrogen) atoms. The van der Waals surface area contributed by atoms with Gasteiger partial charge in [0.25, 0.3) is 0 Å². The molecule has 1 saturated heterocycles. The van der Waals surface area contributed by atoms with Crippen molar-refractivity contribution < 1.29 is 9.59 Å². The highest BCUT2D eigenvalue weighted by Gasteiger charge is 2.38. The van der Waals surface area contributed by atoms with Gasteiger partial charge in [-0.25, -0.2) is 4.98 Å². The fourth-order valence-corrected chi connectivity index (χ4v) is 5.65. The van der Waals surface area contributed by atoms with E-state index in [-0.39, 0.29) is 29.9 Å². The minimum Gasteiger partial charge on any atom is -0.366 e. The van der Waals surface area contributed by atoms with Gasteiger partial charge in [0.2, 0.25) is 5.91 Å². The second kappa shape index (κ2) is 9.46. The molecule has 6 rings (SSSR count). The number of halogens is 1. The van der Waals surface area contributed by atoms with Crippen molar-refractivity contribution in [2.45, 2.75) is 37.6 Å². The molecule has 2 aliphatic rings. The minimum absolute atomic E-state index is 0.0412. The van der Waals surface area contributed by atoms with Gasteiger partial charge in [-0.2, -0.15) is 9.61 Å². The molecule has 0 radical (unpaired) electrons. The molecule has 1 N–H and O–H groups in total. The van der Waals surface area contributed by atoms with Gasteiger partial charge in [0.05, 0.1) is 22.3 Å². The fraction of sp³-hybridized carbons (Fsp3) is 0.296. The normalized spacial score (nSPS) is 19.5. The van der Waals surface area contributed by atoms with Crippen LogP contribution in [0.1, 0.15) is 58.3 Å². The SMILES string of the molecule is O=C1CC(C(=O)N2CCCC(c3cc(NCc4cccnc4)n4ncc(Br)c4n3)C2)c2ccccc21. The van der Waals surface area contributed by atoms with Crippen LogP contribution >= 0.6 is 15.9 Å². The second-order valence-corrected chi connectivity index (χ2v) is 10.3. The summed E-state index contributed by atoms with van der Waals surface area (Å²) in [5.41, 5.74) is 4.28. The molecule has 4 heterocycles. The van der Waals surface area contributed by atoms with Crippen LogP contribution in [0.5, 0.6) is 0 Å². The molecule has 1 aliphatic heterocycles. The topological polar surface area (TPSA) is 92.5 Å². The van der Waals surface area contributed by atoms with Gasteiger partial charge in [-0.3, -0.25) is 14.6 Å². The predicted molar refractivity (Wildman–Crippen MR) is 139 cm³/mol. The van der Waals surface area contributed by atoms with Gasteiger partial charge in [-0.05, 0) is 46.0 Å². The zero-order chi connectivity index (χ0) is 24.6. The number of carbonyl (C=O) groups excluding carboxylic acids is 2. The van der Waals surface area contributed by atoms with Crippen LogP contribution in [0.4, 0.5) is 5.82 Å². The Morgan fingerprint density at radius 2 is 2.06 bits per heavy atom. The van der Waals surface area contributed by atoms with Crippen molar-refractivity contribution >= 4 is 39.1 Å².